The molecular formula is C21H28N6O. The summed E-state index contributed by atoms with van der Waals surface area (Å²) in [5, 5.41) is 5.67. The van der Waals surface area contributed by atoms with Gasteiger partial charge in [0.15, 0.2) is 11.5 Å². The predicted octanol–water partition coefficient (Wildman–Crippen LogP) is 3.09. The van der Waals surface area contributed by atoms with E-state index in [1.165, 1.54) is 32.4 Å². The predicted molar refractivity (Wildman–Crippen MR) is 110 cm³/mol. The van der Waals surface area contributed by atoms with Crippen LogP contribution in [0.25, 0.3) is 16.6 Å². The van der Waals surface area contributed by atoms with Gasteiger partial charge in [0.2, 0.25) is 5.95 Å². The fourth-order valence-corrected chi connectivity index (χ4v) is 4.63. The highest BCUT2D eigenvalue weighted by Crippen LogP contribution is 2.38. The summed E-state index contributed by atoms with van der Waals surface area (Å²) >= 11 is 0. The summed E-state index contributed by atoms with van der Waals surface area (Å²) in [6, 6.07) is 5.85. The van der Waals surface area contributed by atoms with E-state index in [9.17, 15) is 0 Å². The number of anilines is 1. The summed E-state index contributed by atoms with van der Waals surface area (Å²) in [6.07, 6.45) is 5.14. The number of nitrogens with two attached hydrogens (primary N) is 1. The van der Waals surface area contributed by atoms with Crippen molar-refractivity contribution in [2.75, 3.05) is 32.5 Å². The molecule has 3 heterocycles. The number of likely N-dealkylation sites (tertiary alicyclic amines) is 1. The molecular weight excluding hydrogens is 352 g/mol. The molecule has 0 spiro atoms. The fourth-order valence-electron chi connectivity index (χ4n) is 4.63. The zero-order valence-corrected chi connectivity index (χ0v) is 16.6. The highest BCUT2D eigenvalue weighted by molar-refractivity contribution is 5.95. The topological polar surface area (TPSA) is 81.6 Å². The smallest absolute Gasteiger partial charge is 0.223 e. The highest BCUT2D eigenvalue weighted by Gasteiger charge is 2.31. The molecule has 1 unspecified atom stereocenters. The van der Waals surface area contributed by atoms with Gasteiger partial charge in [0.25, 0.3) is 0 Å². The molecule has 2 aliphatic rings. The molecule has 0 amide bonds. The van der Waals surface area contributed by atoms with Crippen molar-refractivity contribution in [3.8, 4) is 5.75 Å². The van der Waals surface area contributed by atoms with Crippen molar-refractivity contribution in [3.63, 3.8) is 0 Å². The number of aromatic nitrogens is 4. The van der Waals surface area contributed by atoms with Crippen LogP contribution < -0.4 is 10.5 Å². The number of ether oxygens (including phenoxy) is 1. The van der Waals surface area contributed by atoms with Gasteiger partial charge in [-0.05, 0) is 56.2 Å². The highest BCUT2D eigenvalue weighted by atomic mass is 16.5. The second kappa shape index (κ2) is 6.88. The van der Waals surface area contributed by atoms with E-state index in [-0.39, 0.29) is 0 Å². The van der Waals surface area contributed by atoms with Gasteiger partial charge in [0.05, 0.1) is 7.11 Å². The number of fused-ring (bicyclic) bond motifs is 3. The van der Waals surface area contributed by atoms with Gasteiger partial charge in [0, 0.05) is 24.4 Å². The van der Waals surface area contributed by atoms with E-state index >= 15 is 0 Å². The number of hydrogen-bond donors (Lipinski definition) is 1. The summed E-state index contributed by atoms with van der Waals surface area (Å²) < 4.78 is 7.13. The molecule has 1 saturated carbocycles. The molecule has 28 heavy (non-hydrogen) atoms. The van der Waals surface area contributed by atoms with Gasteiger partial charge >= 0.3 is 0 Å². The minimum Gasteiger partial charge on any atom is -0.494 e. The van der Waals surface area contributed by atoms with Crippen LogP contribution >= 0.6 is 0 Å². The summed E-state index contributed by atoms with van der Waals surface area (Å²) in [5.74, 6) is 4.02. The number of para-hydroxylation sites is 1. The molecule has 1 aromatic carbocycles. The molecule has 2 aromatic heterocycles. The molecule has 148 valence electrons. The summed E-state index contributed by atoms with van der Waals surface area (Å²) in [5.41, 5.74) is 7.70. The number of nitrogens with zero attached hydrogens (tertiary/aromatic N) is 5. The Hall–Kier alpha value is -2.41. The molecule has 1 saturated heterocycles. The Morgan fingerprint density at radius 2 is 2.11 bits per heavy atom. The molecule has 0 bridgehead atoms. The maximum Gasteiger partial charge on any atom is 0.223 e. The van der Waals surface area contributed by atoms with Crippen molar-refractivity contribution >= 4 is 22.5 Å². The van der Waals surface area contributed by atoms with Gasteiger partial charge in [-0.15, -0.1) is 5.10 Å². The Balaban J connectivity index is 1.47. The average molecular weight is 380 g/mol. The SMILES string of the molecule is COc1cccc2c1nc(N)n1nc([C@@H]3CCCN(CC(C)C4CC4)C3)nc21. The van der Waals surface area contributed by atoms with Crippen LogP contribution in [-0.4, -0.2) is 51.2 Å². The Kier molecular flexibility index (Phi) is 4.34. The minimum absolute atomic E-state index is 0.347. The van der Waals surface area contributed by atoms with Gasteiger partial charge < -0.3 is 15.4 Å². The first-order chi connectivity index (χ1) is 13.6. The van der Waals surface area contributed by atoms with Crippen LogP contribution in [0.1, 0.15) is 44.3 Å². The van der Waals surface area contributed by atoms with Crippen LogP contribution in [0.2, 0.25) is 0 Å². The molecule has 0 radical (unpaired) electrons. The fraction of sp³-hybridized carbons (Fsp3) is 0.571. The lowest BCUT2D eigenvalue weighted by atomic mass is 9.95. The van der Waals surface area contributed by atoms with E-state index < -0.39 is 0 Å². The molecule has 1 aliphatic carbocycles. The molecule has 2 N–H and O–H groups in total. The van der Waals surface area contributed by atoms with Crippen molar-refractivity contribution in [3.05, 3.63) is 24.0 Å². The first kappa shape index (κ1) is 17.7. The van der Waals surface area contributed by atoms with Crippen LogP contribution in [0.4, 0.5) is 5.95 Å². The lowest BCUT2D eigenvalue weighted by Crippen LogP contribution is -2.38. The average Bonchev–Trinajstić information content (AvgIpc) is 3.46. The Labute approximate surface area is 164 Å². The van der Waals surface area contributed by atoms with E-state index in [1.54, 1.807) is 11.6 Å². The quantitative estimate of drug-likeness (QED) is 0.732. The zero-order chi connectivity index (χ0) is 19.3. The van der Waals surface area contributed by atoms with Crippen LogP contribution in [0.5, 0.6) is 5.75 Å². The number of rotatable bonds is 5. The van der Waals surface area contributed by atoms with Crippen molar-refractivity contribution < 1.29 is 4.74 Å². The Morgan fingerprint density at radius 3 is 2.89 bits per heavy atom. The number of benzene rings is 1. The molecule has 7 heteroatoms. The molecule has 5 rings (SSSR count). The lowest BCUT2D eigenvalue weighted by Gasteiger charge is -2.33. The van der Waals surface area contributed by atoms with Crippen LogP contribution in [0.3, 0.4) is 0 Å². The van der Waals surface area contributed by atoms with Crippen LogP contribution in [0.15, 0.2) is 18.2 Å². The van der Waals surface area contributed by atoms with Gasteiger partial charge in [-0.3, -0.25) is 0 Å². The number of hydrogen-bond acceptors (Lipinski definition) is 6. The van der Waals surface area contributed by atoms with E-state index in [4.69, 9.17) is 20.6 Å². The number of piperidine rings is 1. The molecule has 1 aliphatic heterocycles. The first-order valence-electron chi connectivity index (χ1n) is 10.3. The number of methoxy groups -OCH3 is 1. The Morgan fingerprint density at radius 1 is 1.25 bits per heavy atom. The third-order valence-corrected chi connectivity index (χ3v) is 6.37. The van der Waals surface area contributed by atoms with E-state index in [0.29, 0.717) is 17.6 Å². The minimum atomic E-state index is 0.347. The van der Waals surface area contributed by atoms with Crippen LogP contribution in [-0.2, 0) is 0 Å². The van der Waals surface area contributed by atoms with Crippen molar-refractivity contribution in [2.24, 2.45) is 11.8 Å². The second-order valence-corrected chi connectivity index (χ2v) is 8.45. The zero-order valence-electron chi connectivity index (χ0n) is 16.6. The van der Waals surface area contributed by atoms with E-state index in [1.807, 2.05) is 18.2 Å². The third-order valence-electron chi connectivity index (χ3n) is 6.37. The molecule has 2 atom stereocenters. The maximum atomic E-state index is 6.21. The van der Waals surface area contributed by atoms with Crippen molar-refractivity contribution in [1.82, 2.24) is 24.5 Å². The molecule has 2 fully saturated rings. The number of nitrogen functional groups attached to an aromatic ring is 1. The monoisotopic (exact) mass is 380 g/mol. The van der Waals surface area contributed by atoms with Crippen molar-refractivity contribution in [1.29, 1.82) is 0 Å². The van der Waals surface area contributed by atoms with Crippen molar-refractivity contribution in [2.45, 2.75) is 38.5 Å². The second-order valence-electron chi connectivity index (χ2n) is 8.45. The largest absolute Gasteiger partial charge is 0.494 e. The Bertz CT molecular complexity index is 1010. The van der Waals surface area contributed by atoms with E-state index in [2.05, 4.69) is 16.8 Å². The van der Waals surface area contributed by atoms with Gasteiger partial charge in [0.1, 0.15) is 11.3 Å². The third kappa shape index (κ3) is 3.07. The lowest BCUT2D eigenvalue weighted by molar-refractivity contribution is 0.173. The van der Waals surface area contributed by atoms with Gasteiger partial charge in [-0.1, -0.05) is 13.0 Å². The maximum absolute atomic E-state index is 6.21. The summed E-state index contributed by atoms with van der Waals surface area (Å²) in [6.45, 7) is 5.81. The first-order valence-corrected chi connectivity index (χ1v) is 10.3. The molecule has 3 aromatic rings. The normalized spacial score (nSPS) is 22.0. The van der Waals surface area contributed by atoms with E-state index in [0.717, 1.165) is 47.2 Å². The summed E-state index contributed by atoms with van der Waals surface area (Å²) in [4.78, 5) is 12.0. The molecule has 7 nitrogen and oxygen atoms in total. The summed E-state index contributed by atoms with van der Waals surface area (Å²) in [7, 11) is 1.64. The van der Waals surface area contributed by atoms with Gasteiger partial charge in [-0.25, -0.2) is 9.97 Å². The van der Waals surface area contributed by atoms with Gasteiger partial charge in [-0.2, -0.15) is 4.52 Å². The standard InChI is InChI=1S/C21H28N6O/c1-13(14-8-9-14)11-26-10-4-5-15(12-26)19-24-20-16-6-3-7-17(28-2)18(16)23-21(22)27(20)25-19/h3,6-7,13-15H,4-5,8-12H2,1-2H3,(H2,22,23)/t13?,15-/m1/s1. The van der Waals surface area contributed by atoms with Crippen LogP contribution in [0, 0.1) is 11.8 Å².